The molecule has 0 fully saturated rings. The van der Waals surface area contributed by atoms with Crippen LogP contribution in [0.2, 0.25) is 0 Å². The van der Waals surface area contributed by atoms with Crippen molar-refractivity contribution in [2.75, 3.05) is 7.05 Å². The summed E-state index contributed by atoms with van der Waals surface area (Å²) in [6.07, 6.45) is 2.02. The number of hydrogen-bond acceptors (Lipinski definition) is 2. The van der Waals surface area contributed by atoms with E-state index < -0.39 is 0 Å². The van der Waals surface area contributed by atoms with Crippen molar-refractivity contribution in [2.45, 2.75) is 25.8 Å². The standard InChI is InChI=1S/C15H20FN3/c1-15(2,12-5-7-13(16)8-6-12)14-11(9-17-3)10-19(4)18-14/h5-8,10,17H,9H2,1-4H3. The topological polar surface area (TPSA) is 29.9 Å². The van der Waals surface area contributed by atoms with Gasteiger partial charge < -0.3 is 5.32 Å². The van der Waals surface area contributed by atoms with Gasteiger partial charge in [0.25, 0.3) is 0 Å². The van der Waals surface area contributed by atoms with Crippen LogP contribution in [0, 0.1) is 5.82 Å². The highest BCUT2D eigenvalue weighted by Gasteiger charge is 2.28. The molecule has 3 nitrogen and oxygen atoms in total. The van der Waals surface area contributed by atoms with Gasteiger partial charge in [-0.25, -0.2) is 4.39 Å². The molecule has 4 heteroatoms. The van der Waals surface area contributed by atoms with E-state index in [0.29, 0.717) is 0 Å². The van der Waals surface area contributed by atoms with Crippen molar-refractivity contribution >= 4 is 0 Å². The van der Waals surface area contributed by atoms with Crippen LogP contribution in [0.15, 0.2) is 30.5 Å². The lowest BCUT2D eigenvalue weighted by Gasteiger charge is -2.24. The number of nitrogens with one attached hydrogen (secondary N) is 1. The molecule has 0 spiro atoms. The van der Waals surface area contributed by atoms with Crippen LogP contribution >= 0.6 is 0 Å². The predicted octanol–water partition coefficient (Wildman–Crippen LogP) is 2.60. The fourth-order valence-corrected chi connectivity index (χ4v) is 2.39. The van der Waals surface area contributed by atoms with Crippen LogP contribution in [0.5, 0.6) is 0 Å². The number of aryl methyl sites for hydroxylation is 1. The molecule has 0 aliphatic carbocycles. The maximum atomic E-state index is 13.1. The Morgan fingerprint density at radius 2 is 1.89 bits per heavy atom. The Hall–Kier alpha value is -1.68. The lowest BCUT2D eigenvalue weighted by Crippen LogP contribution is -2.23. The molecular formula is C15H20FN3. The lowest BCUT2D eigenvalue weighted by molar-refractivity contribution is 0.580. The molecule has 19 heavy (non-hydrogen) atoms. The highest BCUT2D eigenvalue weighted by Crippen LogP contribution is 2.32. The Morgan fingerprint density at radius 1 is 1.26 bits per heavy atom. The number of aromatic nitrogens is 2. The van der Waals surface area contributed by atoms with E-state index in [1.807, 2.05) is 37.1 Å². The highest BCUT2D eigenvalue weighted by molar-refractivity contribution is 5.37. The Kier molecular flexibility index (Phi) is 3.71. The normalized spacial score (nSPS) is 11.8. The average Bonchev–Trinajstić information content (AvgIpc) is 2.72. The SMILES string of the molecule is CNCc1cn(C)nc1C(C)(C)c1ccc(F)cc1. The fourth-order valence-electron chi connectivity index (χ4n) is 2.39. The summed E-state index contributed by atoms with van der Waals surface area (Å²) >= 11 is 0. The third kappa shape index (κ3) is 2.68. The summed E-state index contributed by atoms with van der Waals surface area (Å²) in [5, 5.41) is 7.74. The fraction of sp³-hybridized carbons (Fsp3) is 0.400. The molecule has 102 valence electrons. The Labute approximate surface area is 113 Å². The molecule has 1 N–H and O–H groups in total. The second-order valence-electron chi connectivity index (χ2n) is 5.34. The van der Waals surface area contributed by atoms with E-state index >= 15 is 0 Å². The van der Waals surface area contributed by atoms with Crippen LogP contribution in [0.4, 0.5) is 4.39 Å². The van der Waals surface area contributed by atoms with Crippen molar-refractivity contribution in [3.05, 3.63) is 53.1 Å². The second kappa shape index (κ2) is 5.13. The van der Waals surface area contributed by atoms with Crippen molar-refractivity contribution in [3.63, 3.8) is 0 Å². The lowest BCUT2D eigenvalue weighted by atomic mass is 9.80. The minimum atomic E-state index is -0.249. The van der Waals surface area contributed by atoms with Crippen molar-refractivity contribution in [1.29, 1.82) is 0 Å². The van der Waals surface area contributed by atoms with Gasteiger partial charge in [0.2, 0.25) is 0 Å². The largest absolute Gasteiger partial charge is 0.316 e. The third-order valence-electron chi connectivity index (χ3n) is 3.43. The van der Waals surface area contributed by atoms with Gasteiger partial charge in [-0.3, -0.25) is 4.68 Å². The molecule has 2 aromatic rings. The van der Waals surface area contributed by atoms with Crippen molar-refractivity contribution in [1.82, 2.24) is 15.1 Å². The first-order chi connectivity index (χ1) is 8.95. The highest BCUT2D eigenvalue weighted by atomic mass is 19.1. The molecule has 0 radical (unpaired) electrons. The van der Waals surface area contributed by atoms with Gasteiger partial charge in [-0.15, -0.1) is 0 Å². The molecule has 1 heterocycles. The summed E-state index contributed by atoms with van der Waals surface area (Å²) in [6, 6.07) is 6.65. The monoisotopic (exact) mass is 261 g/mol. The number of halogens is 1. The van der Waals surface area contributed by atoms with E-state index in [-0.39, 0.29) is 11.2 Å². The quantitative estimate of drug-likeness (QED) is 0.917. The molecule has 0 aliphatic heterocycles. The zero-order valence-corrected chi connectivity index (χ0v) is 11.9. The summed E-state index contributed by atoms with van der Waals surface area (Å²) in [5.41, 5.74) is 3.00. The van der Waals surface area contributed by atoms with Crippen LogP contribution in [0.25, 0.3) is 0 Å². The predicted molar refractivity (Wildman–Crippen MR) is 74.5 cm³/mol. The minimum absolute atomic E-state index is 0.212. The van der Waals surface area contributed by atoms with Gasteiger partial charge in [0.15, 0.2) is 0 Å². The van der Waals surface area contributed by atoms with E-state index in [1.54, 1.807) is 0 Å². The maximum absolute atomic E-state index is 13.1. The molecule has 1 aromatic carbocycles. The van der Waals surface area contributed by atoms with Crippen LogP contribution in [-0.4, -0.2) is 16.8 Å². The van der Waals surface area contributed by atoms with E-state index in [0.717, 1.165) is 17.8 Å². The smallest absolute Gasteiger partial charge is 0.123 e. The van der Waals surface area contributed by atoms with Crippen LogP contribution in [0.3, 0.4) is 0 Å². The Balaban J connectivity index is 2.46. The van der Waals surface area contributed by atoms with E-state index in [1.165, 1.54) is 17.7 Å². The molecule has 2 rings (SSSR count). The van der Waals surface area contributed by atoms with Crippen molar-refractivity contribution < 1.29 is 4.39 Å². The zero-order valence-electron chi connectivity index (χ0n) is 11.9. The molecular weight excluding hydrogens is 241 g/mol. The maximum Gasteiger partial charge on any atom is 0.123 e. The summed E-state index contributed by atoms with van der Waals surface area (Å²) in [4.78, 5) is 0. The first-order valence-corrected chi connectivity index (χ1v) is 6.39. The van der Waals surface area contributed by atoms with E-state index in [4.69, 9.17) is 0 Å². The molecule has 0 saturated carbocycles. The molecule has 1 aromatic heterocycles. The molecule has 0 unspecified atom stereocenters. The van der Waals surface area contributed by atoms with Gasteiger partial charge in [0.05, 0.1) is 5.69 Å². The summed E-state index contributed by atoms with van der Waals surface area (Å²) in [6.45, 7) is 5.00. The Morgan fingerprint density at radius 3 is 2.47 bits per heavy atom. The Bertz CT molecular complexity index is 555. The van der Waals surface area contributed by atoms with Crippen molar-refractivity contribution in [3.8, 4) is 0 Å². The van der Waals surface area contributed by atoms with Gasteiger partial charge in [-0.05, 0) is 24.7 Å². The van der Waals surface area contributed by atoms with Gasteiger partial charge in [-0.2, -0.15) is 5.10 Å². The third-order valence-corrected chi connectivity index (χ3v) is 3.43. The van der Waals surface area contributed by atoms with Gasteiger partial charge >= 0.3 is 0 Å². The van der Waals surface area contributed by atoms with Crippen LogP contribution in [0.1, 0.15) is 30.7 Å². The van der Waals surface area contributed by atoms with Crippen LogP contribution < -0.4 is 5.32 Å². The summed E-state index contributed by atoms with van der Waals surface area (Å²) in [5.74, 6) is -0.212. The number of benzene rings is 1. The molecule has 0 bridgehead atoms. The summed E-state index contributed by atoms with van der Waals surface area (Å²) in [7, 11) is 3.84. The molecule has 0 amide bonds. The number of hydrogen-bond donors (Lipinski definition) is 1. The minimum Gasteiger partial charge on any atom is -0.316 e. The average molecular weight is 261 g/mol. The number of rotatable bonds is 4. The summed E-state index contributed by atoms with van der Waals surface area (Å²) < 4.78 is 14.9. The molecule has 0 saturated heterocycles. The first-order valence-electron chi connectivity index (χ1n) is 6.39. The molecule has 0 aliphatic rings. The van der Waals surface area contributed by atoms with E-state index in [2.05, 4.69) is 24.3 Å². The number of nitrogens with zero attached hydrogens (tertiary/aromatic N) is 2. The van der Waals surface area contributed by atoms with Gasteiger partial charge in [-0.1, -0.05) is 26.0 Å². The second-order valence-corrected chi connectivity index (χ2v) is 5.34. The zero-order chi connectivity index (χ0) is 14.0. The van der Waals surface area contributed by atoms with Crippen molar-refractivity contribution in [2.24, 2.45) is 7.05 Å². The van der Waals surface area contributed by atoms with E-state index in [9.17, 15) is 4.39 Å². The van der Waals surface area contributed by atoms with Gasteiger partial charge in [0, 0.05) is 30.8 Å². The first kappa shape index (κ1) is 13.7. The molecule has 0 atom stereocenters. The van der Waals surface area contributed by atoms with Gasteiger partial charge in [0.1, 0.15) is 5.82 Å². The van der Waals surface area contributed by atoms with Crippen LogP contribution in [-0.2, 0) is 19.0 Å².